The van der Waals surface area contributed by atoms with Gasteiger partial charge in [-0.3, -0.25) is 9.59 Å². The van der Waals surface area contributed by atoms with E-state index in [1.54, 1.807) is 26.8 Å². The first-order valence-electron chi connectivity index (χ1n) is 7.82. The van der Waals surface area contributed by atoms with Crippen LogP contribution < -0.4 is 10.9 Å². The summed E-state index contributed by atoms with van der Waals surface area (Å²) in [6, 6.07) is 9.23. The van der Waals surface area contributed by atoms with Gasteiger partial charge in [-0.05, 0) is 31.0 Å². The highest BCUT2D eigenvalue weighted by Crippen LogP contribution is 2.16. The van der Waals surface area contributed by atoms with Gasteiger partial charge < -0.3 is 14.8 Å². The summed E-state index contributed by atoms with van der Waals surface area (Å²) in [5, 5.41) is 6.63. The van der Waals surface area contributed by atoms with Crippen molar-refractivity contribution in [1.82, 2.24) is 20.4 Å². The van der Waals surface area contributed by atoms with E-state index >= 15 is 0 Å². The van der Waals surface area contributed by atoms with Crippen LogP contribution in [0, 0.1) is 20.8 Å². The number of nitrogens with zero attached hydrogens (tertiary/aromatic N) is 2. The van der Waals surface area contributed by atoms with E-state index in [0.717, 1.165) is 16.8 Å². The summed E-state index contributed by atoms with van der Waals surface area (Å²) in [6.45, 7) is 5.58. The molecular formula is C18H18N4O3. The normalized spacial score (nSPS) is 10.7. The number of aromatic amines is 1. The molecule has 0 fully saturated rings. The lowest BCUT2D eigenvalue weighted by molar-refractivity contribution is 0.0948. The molecule has 3 rings (SSSR count). The maximum Gasteiger partial charge on any atom is 0.261 e. The molecule has 0 spiro atoms. The first kappa shape index (κ1) is 16.6. The SMILES string of the molecule is Cc1cc(C)c(C(=O)NCc2ccc(-c3noc(C)n3)cc2)c(=O)[nH]1. The molecular weight excluding hydrogens is 320 g/mol. The molecule has 0 radical (unpaired) electrons. The minimum atomic E-state index is -0.392. The Hall–Kier alpha value is -3.22. The smallest absolute Gasteiger partial charge is 0.261 e. The third-order valence-electron chi connectivity index (χ3n) is 3.78. The monoisotopic (exact) mass is 338 g/mol. The van der Waals surface area contributed by atoms with Gasteiger partial charge in [0.15, 0.2) is 0 Å². The fraction of sp³-hybridized carbons (Fsp3) is 0.222. The molecule has 0 aliphatic rings. The van der Waals surface area contributed by atoms with Crippen LogP contribution in [-0.2, 0) is 6.54 Å². The van der Waals surface area contributed by atoms with Crippen LogP contribution in [0.5, 0.6) is 0 Å². The van der Waals surface area contributed by atoms with E-state index in [4.69, 9.17) is 4.52 Å². The number of pyridine rings is 1. The van der Waals surface area contributed by atoms with Crippen molar-refractivity contribution in [3.8, 4) is 11.4 Å². The standard InChI is InChI=1S/C18H18N4O3/c1-10-8-11(2)20-18(24)15(10)17(23)19-9-13-4-6-14(7-5-13)16-21-12(3)25-22-16/h4-8H,9H2,1-3H3,(H,19,23)(H,20,24). The van der Waals surface area contributed by atoms with Crippen LogP contribution in [-0.4, -0.2) is 21.0 Å². The van der Waals surface area contributed by atoms with Crippen LogP contribution in [0.1, 0.15) is 33.1 Å². The number of amides is 1. The Balaban J connectivity index is 1.70. The molecule has 3 aromatic rings. The maximum absolute atomic E-state index is 12.3. The number of carbonyl (C=O) groups excluding carboxylic acids is 1. The van der Waals surface area contributed by atoms with Crippen molar-refractivity contribution in [2.45, 2.75) is 27.3 Å². The lowest BCUT2D eigenvalue weighted by Gasteiger charge is -2.08. The van der Waals surface area contributed by atoms with Gasteiger partial charge in [0.2, 0.25) is 11.7 Å². The number of carbonyl (C=O) groups is 1. The first-order chi connectivity index (χ1) is 11.9. The van der Waals surface area contributed by atoms with Gasteiger partial charge in [0.1, 0.15) is 5.56 Å². The van der Waals surface area contributed by atoms with Crippen molar-refractivity contribution in [3.63, 3.8) is 0 Å². The number of hydrogen-bond acceptors (Lipinski definition) is 5. The molecule has 0 saturated carbocycles. The van der Waals surface area contributed by atoms with Gasteiger partial charge in [-0.25, -0.2) is 0 Å². The number of hydrogen-bond donors (Lipinski definition) is 2. The van der Waals surface area contributed by atoms with Crippen molar-refractivity contribution < 1.29 is 9.32 Å². The molecule has 2 aromatic heterocycles. The minimum Gasteiger partial charge on any atom is -0.348 e. The number of nitrogens with one attached hydrogen (secondary N) is 2. The third kappa shape index (κ3) is 3.65. The summed E-state index contributed by atoms with van der Waals surface area (Å²) >= 11 is 0. The Bertz CT molecular complexity index is 971. The number of rotatable bonds is 4. The second kappa shape index (κ2) is 6.72. The number of benzene rings is 1. The van der Waals surface area contributed by atoms with Gasteiger partial charge in [0.05, 0.1) is 0 Å². The predicted octanol–water partition coefficient (Wildman–Crippen LogP) is 2.28. The van der Waals surface area contributed by atoms with Crippen LogP contribution >= 0.6 is 0 Å². The van der Waals surface area contributed by atoms with Gasteiger partial charge in [0.25, 0.3) is 11.5 Å². The van der Waals surface area contributed by atoms with Crippen LogP contribution in [0.4, 0.5) is 0 Å². The molecule has 0 aliphatic carbocycles. The molecule has 128 valence electrons. The average Bonchev–Trinajstić information content (AvgIpc) is 2.99. The second-order valence-electron chi connectivity index (χ2n) is 5.86. The Morgan fingerprint density at radius 1 is 1.20 bits per heavy atom. The molecule has 0 atom stereocenters. The number of aromatic nitrogens is 3. The minimum absolute atomic E-state index is 0.143. The highest BCUT2D eigenvalue weighted by Gasteiger charge is 2.14. The average molecular weight is 338 g/mol. The lowest BCUT2D eigenvalue weighted by atomic mass is 10.1. The van der Waals surface area contributed by atoms with Crippen LogP contribution in [0.15, 0.2) is 39.6 Å². The zero-order valence-electron chi connectivity index (χ0n) is 14.2. The largest absolute Gasteiger partial charge is 0.348 e. The summed E-state index contributed by atoms with van der Waals surface area (Å²) in [7, 11) is 0. The maximum atomic E-state index is 12.3. The first-order valence-corrected chi connectivity index (χ1v) is 7.82. The molecule has 2 heterocycles. The van der Waals surface area contributed by atoms with E-state index in [2.05, 4.69) is 20.4 Å². The van der Waals surface area contributed by atoms with E-state index in [-0.39, 0.29) is 11.1 Å². The Morgan fingerprint density at radius 3 is 2.52 bits per heavy atom. The quantitative estimate of drug-likeness (QED) is 0.760. The summed E-state index contributed by atoms with van der Waals surface area (Å²) in [4.78, 5) is 31.1. The molecule has 25 heavy (non-hydrogen) atoms. The van der Waals surface area contributed by atoms with Gasteiger partial charge in [-0.2, -0.15) is 4.98 Å². The molecule has 0 saturated heterocycles. The number of H-pyrrole nitrogens is 1. The van der Waals surface area contributed by atoms with Gasteiger partial charge >= 0.3 is 0 Å². The van der Waals surface area contributed by atoms with Crippen molar-refractivity contribution >= 4 is 5.91 Å². The Morgan fingerprint density at radius 2 is 1.92 bits per heavy atom. The van der Waals surface area contributed by atoms with Crippen LogP contribution in [0.3, 0.4) is 0 Å². The fourth-order valence-electron chi connectivity index (χ4n) is 2.59. The lowest BCUT2D eigenvalue weighted by Crippen LogP contribution is -2.30. The topological polar surface area (TPSA) is 101 Å². The molecule has 0 aliphatic heterocycles. The molecule has 2 N–H and O–H groups in total. The number of aryl methyl sites for hydroxylation is 3. The van der Waals surface area contributed by atoms with Crippen molar-refractivity contribution in [1.29, 1.82) is 0 Å². The highest BCUT2D eigenvalue weighted by atomic mass is 16.5. The van der Waals surface area contributed by atoms with Crippen molar-refractivity contribution in [2.75, 3.05) is 0 Å². The summed E-state index contributed by atoms with van der Waals surface area (Å²) in [6.07, 6.45) is 0. The Labute approximate surface area is 144 Å². The molecule has 7 nitrogen and oxygen atoms in total. The van der Waals surface area contributed by atoms with E-state index < -0.39 is 5.91 Å². The predicted molar refractivity (Wildman–Crippen MR) is 92.2 cm³/mol. The summed E-state index contributed by atoms with van der Waals surface area (Å²) < 4.78 is 4.96. The van der Waals surface area contributed by atoms with E-state index in [1.807, 2.05) is 24.3 Å². The van der Waals surface area contributed by atoms with Gasteiger partial charge in [-0.15, -0.1) is 0 Å². The fourth-order valence-corrected chi connectivity index (χ4v) is 2.59. The van der Waals surface area contributed by atoms with E-state index in [9.17, 15) is 9.59 Å². The van der Waals surface area contributed by atoms with Crippen LogP contribution in [0.2, 0.25) is 0 Å². The highest BCUT2D eigenvalue weighted by molar-refractivity contribution is 5.95. The second-order valence-corrected chi connectivity index (χ2v) is 5.86. The molecule has 1 aromatic carbocycles. The zero-order valence-corrected chi connectivity index (χ0v) is 14.2. The van der Waals surface area contributed by atoms with E-state index in [0.29, 0.717) is 23.8 Å². The molecule has 1 amide bonds. The third-order valence-corrected chi connectivity index (χ3v) is 3.78. The molecule has 7 heteroatoms. The van der Waals surface area contributed by atoms with Crippen molar-refractivity contribution in [3.05, 3.63) is 69.0 Å². The van der Waals surface area contributed by atoms with Gasteiger partial charge in [-0.1, -0.05) is 29.4 Å². The summed E-state index contributed by atoms with van der Waals surface area (Å²) in [5.74, 6) is 0.636. The van der Waals surface area contributed by atoms with Gasteiger partial charge in [0, 0.05) is 24.7 Å². The van der Waals surface area contributed by atoms with E-state index in [1.165, 1.54) is 0 Å². The molecule has 0 unspecified atom stereocenters. The van der Waals surface area contributed by atoms with Crippen LogP contribution in [0.25, 0.3) is 11.4 Å². The van der Waals surface area contributed by atoms with Crippen molar-refractivity contribution in [2.24, 2.45) is 0 Å². The molecule has 0 bridgehead atoms. The Kier molecular flexibility index (Phi) is 4.47. The summed E-state index contributed by atoms with van der Waals surface area (Å²) in [5.41, 5.74) is 2.88. The zero-order chi connectivity index (χ0) is 18.0.